The molecule has 1 aliphatic heterocycles. The normalized spacial score (nSPS) is 15.9. The summed E-state index contributed by atoms with van der Waals surface area (Å²) in [6.07, 6.45) is 7.40. The molecule has 94 valence electrons. The fourth-order valence-corrected chi connectivity index (χ4v) is 2.36. The van der Waals surface area contributed by atoms with E-state index in [2.05, 4.69) is 19.9 Å². The number of hydrogen-bond donors (Lipinski definition) is 2. The van der Waals surface area contributed by atoms with Crippen molar-refractivity contribution in [2.75, 3.05) is 23.7 Å². The molecule has 1 aliphatic rings. The van der Waals surface area contributed by atoms with Gasteiger partial charge in [-0.1, -0.05) is 0 Å². The van der Waals surface area contributed by atoms with Crippen LogP contribution < -0.4 is 10.6 Å². The monoisotopic (exact) mass is 243 g/mol. The summed E-state index contributed by atoms with van der Waals surface area (Å²) in [5.74, 6) is 2.38. The lowest BCUT2D eigenvalue weighted by molar-refractivity contribution is 0.574. The highest BCUT2D eigenvalue weighted by Gasteiger charge is 2.14. The first-order valence-electron chi connectivity index (χ1n) is 6.35. The summed E-state index contributed by atoms with van der Waals surface area (Å²) in [4.78, 5) is 14.2. The Kier molecular flexibility index (Phi) is 2.88. The van der Waals surface area contributed by atoms with Gasteiger partial charge in [0.15, 0.2) is 0 Å². The van der Waals surface area contributed by atoms with Gasteiger partial charge < -0.3 is 15.6 Å². The number of nitrogens with zero attached hydrogens (tertiary/aromatic N) is 3. The minimum Gasteiger partial charge on any atom is -0.383 e. The van der Waals surface area contributed by atoms with Crippen molar-refractivity contribution in [1.82, 2.24) is 15.0 Å². The number of nitrogen functional groups attached to an aromatic ring is 1. The van der Waals surface area contributed by atoms with E-state index in [1.807, 2.05) is 18.3 Å². The summed E-state index contributed by atoms with van der Waals surface area (Å²) in [6.45, 7) is 2.20. The van der Waals surface area contributed by atoms with Gasteiger partial charge in [0, 0.05) is 19.3 Å². The number of aromatic nitrogens is 3. The maximum Gasteiger partial charge on any atom is 0.142 e. The number of nitrogens with two attached hydrogens (primary N) is 1. The van der Waals surface area contributed by atoms with Gasteiger partial charge in [0.2, 0.25) is 0 Å². The van der Waals surface area contributed by atoms with Crippen LogP contribution in [0.2, 0.25) is 0 Å². The molecule has 0 aliphatic carbocycles. The fraction of sp³-hybridized carbons (Fsp3) is 0.385. The van der Waals surface area contributed by atoms with Crippen LogP contribution in [0.25, 0.3) is 11.4 Å². The number of H-pyrrole nitrogens is 1. The van der Waals surface area contributed by atoms with Gasteiger partial charge in [-0.15, -0.1) is 0 Å². The van der Waals surface area contributed by atoms with Crippen LogP contribution in [0.3, 0.4) is 0 Å². The minimum atomic E-state index is 0.511. The van der Waals surface area contributed by atoms with Crippen molar-refractivity contribution in [2.24, 2.45) is 0 Å². The molecule has 3 heterocycles. The number of pyridine rings is 1. The summed E-state index contributed by atoms with van der Waals surface area (Å²) >= 11 is 0. The first kappa shape index (κ1) is 11.1. The summed E-state index contributed by atoms with van der Waals surface area (Å²) in [5.41, 5.74) is 6.72. The van der Waals surface area contributed by atoms with Crippen LogP contribution in [0.15, 0.2) is 24.5 Å². The summed E-state index contributed by atoms with van der Waals surface area (Å²) in [6, 6.07) is 3.80. The van der Waals surface area contributed by atoms with E-state index in [0.29, 0.717) is 5.82 Å². The molecule has 0 amide bonds. The predicted octanol–water partition coefficient (Wildman–Crippen LogP) is 2.04. The van der Waals surface area contributed by atoms with E-state index in [1.165, 1.54) is 19.3 Å². The number of nitrogens with one attached hydrogen (secondary N) is 1. The van der Waals surface area contributed by atoms with Crippen molar-refractivity contribution in [3.8, 4) is 11.4 Å². The van der Waals surface area contributed by atoms with Crippen LogP contribution in [0.1, 0.15) is 19.3 Å². The fourth-order valence-electron chi connectivity index (χ4n) is 2.36. The van der Waals surface area contributed by atoms with Crippen molar-refractivity contribution in [1.29, 1.82) is 0 Å². The van der Waals surface area contributed by atoms with Crippen molar-refractivity contribution in [2.45, 2.75) is 19.3 Å². The highest BCUT2D eigenvalue weighted by molar-refractivity contribution is 5.69. The van der Waals surface area contributed by atoms with Gasteiger partial charge in [-0.25, -0.2) is 9.97 Å². The quantitative estimate of drug-likeness (QED) is 0.846. The molecular formula is C13H17N5. The molecule has 0 radical (unpaired) electrons. The Bertz CT molecular complexity index is 528. The molecule has 0 aromatic carbocycles. The SMILES string of the molecule is Nc1ncccc1-c1ncc(N2CCCCC2)[nH]1. The third kappa shape index (κ3) is 2.03. The van der Waals surface area contributed by atoms with Crippen molar-refractivity contribution >= 4 is 11.6 Å². The average Bonchev–Trinajstić information content (AvgIpc) is 2.90. The second-order valence-electron chi connectivity index (χ2n) is 4.60. The molecule has 3 rings (SSSR count). The van der Waals surface area contributed by atoms with Crippen LogP contribution in [-0.2, 0) is 0 Å². The second-order valence-corrected chi connectivity index (χ2v) is 4.60. The molecule has 5 heteroatoms. The molecule has 18 heavy (non-hydrogen) atoms. The molecule has 5 nitrogen and oxygen atoms in total. The first-order valence-corrected chi connectivity index (χ1v) is 6.35. The topological polar surface area (TPSA) is 70.8 Å². The zero-order chi connectivity index (χ0) is 12.4. The number of piperidine rings is 1. The molecule has 1 saturated heterocycles. The van der Waals surface area contributed by atoms with E-state index in [-0.39, 0.29) is 0 Å². The van der Waals surface area contributed by atoms with E-state index in [0.717, 1.165) is 30.3 Å². The third-order valence-corrected chi connectivity index (χ3v) is 3.35. The Morgan fingerprint density at radius 2 is 2.00 bits per heavy atom. The van der Waals surface area contributed by atoms with Crippen molar-refractivity contribution < 1.29 is 0 Å². The smallest absolute Gasteiger partial charge is 0.142 e. The molecule has 0 unspecified atom stereocenters. The molecule has 2 aromatic rings. The Hall–Kier alpha value is -2.04. The molecule has 0 bridgehead atoms. The Morgan fingerprint density at radius 3 is 2.78 bits per heavy atom. The van der Waals surface area contributed by atoms with Gasteiger partial charge in [0.05, 0.1) is 11.8 Å². The van der Waals surface area contributed by atoms with Gasteiger partial charge in [-0.2, -0.15) is 0 Å². The standard InChI is InChI=1S/C13H17N5/c14-12-10(5-4-6-15-12)13-16-9-11(17-13)18-7-2-1-3-8-18/h4-6,9H,1-3,7-8H2,(H2,14,15)(H,16,17). The van der Waals surface area contributed by atoms with Gasteiger partial charge in [0.1, 0.15) is 17.5 Å². The van der Waals surface area contributed by atoms with Crippen LogP contribution in [-0.4, -0.2) is 28.0 Å². The molecule has 2 aromatic heterocycles. The van der Waals surface area contributed by atoms with Gasteiger partial charge in [-0.3, -0.25) is 0 Å². The van der Waals surface area contributed by atoms with Gasteiger partial charge in [0.25, 0.3) is 0 Å². The number of anilines is 2. The lowest BCUT2D eigenvalue weighted by atomic mass is 10.1. The summed E-state index contributed by atoms with van der Waals surface area (Å²) in [5, 5.41) is 0. The first-order chi connectivity index (χ1) is 8.84. The van der Waals surface area contributed by atoms with Crippen LogP contribution in [0.5, 0.6) is 0 Å². The minimum absolute atomic E-state index is 0.511. The van der Waals surface area contributed by atoms with Crippen LogP contribution >= 0.6 is 0 Å². The number of hydrogen-bond acceptors (Lipinski definition) is 4. The van der Waals surface area contributed by atoms with E-state index < -0.39 is 0 Å². The largest absolute Gasteiger partial charge is 0.383 e. The molecule has 0 spiro atoms. The Labute approximate surface area is 106 Å². The van der Waals surface area contributed by atoms with Crippen molar-refractivity contribution in [3.63, 3.8) is 0 Å². The number of rotatable bonds is 2. The zero-order valence-corrected chi connectivity index (χ0v) is 10.3. The highest BCUT2D eigenvalue weighted by Crippen LogP contribution is 2.24. The maximum absolute atomic E-state index is 5.86. The molecule has 0 saturated carbocycles. The van der Waals surface area contributed by atoms with Crippen LogP contribution in [0, 0.1) is 0 Å². The van der Waals surface area contributed by atoms with E-state index in [4.69, 9.17) is 5.73 Å². The average molecular weight is 243 g/mol. The Morgan fingerprint density at radius 1 is 1.17 bits per heavy atom. The number of aromatic amines is 1. The van der Waals surface area contributed by atoms with Crippen molar-refractivity contribution in [3.05, 3.63) is 24.5 Å². The predicted molar refractivity (Wildman–Crippen MR) is 72.3 cm³/mol. The summed E-state index contributed by atoms with van der Waals surface area (Å²) in [7, 11) is 0. The van der Waals surface area contributed by atoms with E-state index >= 15 is 0 Å². The lowest BCUT2D eigenvalue weighted by Gasteiger charge is -2.26. The highest BCUT2D eigenvalue weighted by atomic mass is 15.2. The van der Waals surface area contributed by atoms with Crippen LogP contribution in [0.4, 0.5) is 11.6 Å². The molecule has 3 N–H and O–H groups in total. The molecule has 1 fully saturated rings. The summed E-state index contributed by atoms with van der Waals surface area (Å²) < 4.78 is 0. The zero-order valence-electron chi connectivity index (χ0n) is 10.3. The maximum atomic E-state index is 5.86. The van der Waals surface area contributed by atoms with Gasteiger partial charge in [-0.05, 0) is 31.4 Å². The second kappa shape index (κ2) is 4.68. The number of imidazole rings is 1. The molecular weight excluding hydrogens is 226 g/mol. The lowest BCUT2D eigenvalue weighted by Crippen LogP contribution is -2.29. The molecule has 0 atom stereocenters. The van der Waals surface area contributed by atoms with E-state index in [9.17, 15) is 0 Å². The Balaban J connectivity index is 1.87. The van der Waals surface area contributed by atoms with Gasteiger partial charge >= 0.3 is 0 Å². The van der Waals surface area contributed by atoms with E-state index in [1.54, 1.807) is 6.20 Å². The third-order valence-electron chi connectivity index (χ3n) is 3.35.